The van der Waals surface area contributed by atoms with Gasteiger partial charge in [-0.25, -0.2) is 0 Å². The third-order valence-corrected chi connectivity index (χ3v) is 8.49. The number of nitrogens with zero attached hydrogens (tertiary/aromatic N) is 2. The summed E-state index contributed by atoms with van der Waals surface area (Å²) in [6, 6.07) is 14.7. The summed E-state index contributed by atoms with van der Waals surface area (Å²) in [4.78, 5) is 76.4. The first-order valence-corrected chi connectivity index (χ1v) is 17.2. The molecule has 17 nitrogen and oxygen atoms in total. The highest BCUT2D eigenvalue weighted by Gasteiger charge is 2.32. The van der Waals surface area contributed by atoms with Crippen molar-refractivity contribution in [3.05, 3.63) is 77.9 Å². The minimum atomic E-state index is -1.19. The maximum Gasteiger partial charge on any atom is 0.243 e. The second kappa shape index (κ2) is 19.3. The van der Waals surface area contributed by atoms with Gasteiger partial charge < -0.3 is 54.6 Å². The van der Waals surface area contributed by atoms with Gasteiger partial charge >= 0.3 is 0 Å². The summed E-state index contributed by atoms with van der Waals surface area (Å²) in [5.41, 5.74) is 23.2. The van der Waals surface area contributed by atoms with Crippen LogP contribution in [0.15, 0.2) is 76.7 Å². The highest BCUT2D eigenvalue weighted by atomic mass is 16.3. The molecule has 0 aliphatic carbocycles. The van der Waals surface area contributed by atoms with Gasteiger partial charge in [0.2, 0.25) is 29.5 Å². The topological polar surface area (TPSA) is 295 Å². The van der Waals surface area contributed by atoms with Crippen LogP contribution in [0.4, 0.5) is 0 Å². The van der Waals surface area contributed by atoms with Gasteiger partial charge in [-0.1, -0.05) is 54.6 Å². The van der Waals surface area contributed by atoms with Crippen LogP contribution in [-0.4, -0.2) is 90.4 Å². The number of fused-ring (bicyclic) bond motifs is 1. The van der Waals surface area contributed by atoms with Crippen molar-refractivity contribution >= 4 is 52.2 Å². The van der Waals surface area contributed by atoms with Crippen LogP contribution in [0.1, 0.15) is 36.8 Å². The number of aliphatic imine (C=N–C) groups is 2. The molecule has 0 saturated carbocycles. The molecule has 17 heteroatoms. The van der Waals surface area contributed by atoms with E-state index in [0.717, 1.165) is 16.3 Å². The Balaban J connectivity index is 1.69. The number of hydrogen-bond acceptors (Lipinski definition) is 8. The van der Waals surface area contributed by atoms with Crippen LogP contribution in [0, 0.1) is 0 Å². The van der Waals surface area contributed by atoms with E-state index in [1.165, 1.54) is 12.1 Å². The van der Waals surface area contributed by atoms with Crippen molar-refractivity contribution in [1.82, 2.24) is 26.6 Å². The predicted octanol–water partition coefficient (Wildman–Crippen LogP) is -1.49. The van der Waals surface area contributed by atoms with Crippen molar-refractivity contribution in [2.45, 2.75) is 62.7 Å². The number of nitrogens with one attached hydrogen (secondary N) is 5. The normalized spacial score (nSPS) is 20.0. The highest BCUT2D eigenvalue weighted by molar-refractivity contribution is 5.97. The van der Waals surface area contributed by atoms with Gasteiger partial charge in [0.15, 0.2) is 11.9 Å². The minimum Gasteiger partial charge on any atom is -0.508 e. The number of benzene rings is 3. The number of amides is 5. The van der Waals surface area contributed by atoms with E-state index in [-0.39, 0.29) is 62.9 Å². The van der Waals surface area contributed by atoms with Crippen LogP contribution in [0.3, 0.4) is 0 Å². The quantitative estimate of drug-likeness (QED) is 0.0585. The molecule has 1 saturated heterocycles. The molecule has 0 aromatic heterocycles. The van der Waals surface area contributed by atoms with Crippen molar-refractivity contribution in [3.63, 3.8) is 0 Å². The SMILES string of the molecule is NC(N)=NCCC[C@@H]1NC(=O)CNC(=O)[C@H](Cc2ccc(O)cc2)NC(=O)[C@H](CCCN=C(N)N)NC(=O)[C@@H](Cc2ccc3ccccc3c2)NC1=O. The molecule has 4 atom stereocenters. The first-order valence-electron chi connectivity index (χ1n) is 17.2. The number of hydrogen-bond donors (Lipinski definition) is 10. The third-order valence-electron chi connectivity index (χ3n) is 8.49. The lowest BCUT2D eigenvalue weighted by molar-refractivity contribution is -0.134. The summed E-state index contributed by atoms with van der Waals surface area (Å²) in [5, 5.41) is 25.1. The van der Waals surface area contributed by atoms with Gasteiger partial charge in [0.25, 0.3) is 0 Å². The van der Waals surface area contributed by atoms with Gasteiger partial charge in [0.05, 0.1) is 6.54 Å². The fraction of sp³-hybridized carbons (Fsp3) is 0.361. The van der Waals surface area contributed by atoms with Gasteiger partial charge in [-0.15, -0.1) is 0 Å². The zero-order chi connectivity index (χ0) is 38.3. The van der Waals surface area contributed by atoms with Crippen LogP contribution in [0.25, 0.3) is 10.8 Å². The number of carbonyl (C=O) groups excluding carboxylic acids is 5. The summed E-state index contributed by atoms with van der Waals surface area (Å²) in [6.45, 7) is -0.182. The first-order chi connectivity index (χ1) is 25.4. The molecule has 4 rings (SSSR count). The summed E-state index contributed by atoms with van der Waals surface area (Å²) in [6.07, 6.45) is 0.795. The number of guanidine groups is 2. The zero-order valence-electron chi connectivity index (χ0n) is 29.2. The van der Waals surface area contributed by atoms with Crippen LogP contribution in [-0.2, 0) is 36.8 Å². The van der Waals surface area contributed by atoms with Crippen LogP contribution in [0.5, 0.6) is 5.75 Å². The number of carbonyl (C=O) groups is 5. The van der Waals surface area contributed by atoms with E-state index >= 15 is 0 Å². The molecular formula is C36H47N11O6. The van der Waals surface area contributed by atoms with Crippen LogP contribution >= 0.6 is 0 Å². The van der Waals surface area contributed by atoms with E-state index in [4.69, 9.17) is 22.9 Å². The lowest BCUT2D eigenvalue weighted by Gasteiger charge is -2.26. The molecule has 3 aromatic carbocycles. The molecular weight excluding hydrogens is 682 g/mol. The van der Waals surface area contributed by atoms with Crippen molar-refractivity contribution < 1.29 is 29.1 Å². The molecule has 282 valence electrons. The maximum atomic E-state index is 14.1. The Morgan fingerprint density at radius 3 is 1.70 bits per heavy atom. The molecule has 0 spiro atoms. The fourth-order valence-corrected chi connectivity index (χ4v) is 5.79. The van der Waals surface area contributed by atoms with Crippen molar-refractivity contribution in [3.8, 4) is 5.75 Å². The molecule has 1 fully saturated rings. The second-order valence-corrected chi connectivity index (χ2v) is 12.7. The molecule has 1 aliphatic rings. The average Bonchev–Trinajstić information content (AvgIpc) is 3.12. The van der Waals surface area contributed by atoms with Crippen LogP contribution < -0.4 is 49.5 Å². The standard InChI is InChI=1S/C36H47N11O6/c37-35(38)41-15-3-7-26-32(51)47-29(19-22-9-12-23-5-1-2-6-24(23)17-22)34(53)45-27(8-4-16-42-36(39)40)33(52)46-28(31(50)43-20-30(49)44-26)18-21-10-13-25(48)14-11-21/h1-2,5-6,9-14,17,26-29,48H,3-4,7-8,15-16,18-20H2,(H,43,50)(H,44,49)(H,45,53)(H,46,52)(H,47,51)(H4,37,38,41)(H4,39,40,42)/t26-,27-,28-,29+/m0/s1. The van der Waals surface area contributed by atoms with Gasteiger partial charge in [-0.3, -0.25) is 34.0 Å². The maximum absolute atomic E-state index is 14.1. The number of phenolic OH excluding ortho intramolecular Hbond substituents is 1. The molecule has 0 unspecified atom stereocenters. The Labute approximate surface area is 306 Å². The smallest absolute Gasteiger partial charge is 0.243 e. The first kappa shape index (κ1) is 39.4. The Kier molecular flexibility index (Phi) is 14.3. The number of rotatable bonds is 12. The molecule has 14 N–H and O–H groups in total. The minimum absolute atomic E-state index is 0.00775. The molecule has 53 heavy (non-hydrogen) atoms. The second-order valence-electron chi connectivity index (χ2n) is 12.7. The summed E-state index contributed by atoms with van der Waals surface area (Å²) in [5.74, 6) is -3.65. The summed E-state index contributed by atoms with van der Waals surface area (Å²) < 4.78 is 0. The van der Waals surface area contributed by atoms with E-state index in [2.05, 4.69) is 36.6 Å². The molecule has 1 aliphatic heterocycles. The number of phenols is 1. The Morgan fingerprint density at radius 2 is 1.09 bits per heavy atom. The predicted molar refractivity (Wildman–Crippen MR) is 200 cm³/mol. The van der Waals surface area contributed by atoms with Gasteiger partial charge in [0.1, 0.15) is 29.9 Å². The van der Waals surface area contributed by atoms with Gasteiger partial charge in [-0.2, -0.15) is 0 Å². The van der Waals surface area contributed by atoms with Crippen LogP contribution in [0.2, 0.25) is 0 Å². The largest absolute Gasteiger partial charge is 0.508 e. The Bertz CT molecular complexity index is 1820. The Morgan fingerprint density at radius 1 is 0.604 bits per heavy atom. The Hall–Kier alpha value is -6.39. The van der Waals surface area contributed by atoms with Crippen molar-refractivity contribution in [2.24, 2.45) is 32.9 Å². The van der Waals surface area contributed by atoms with Gasteiger partial charge in [-0.05, 0) is 59.7 Å². The monoisotopic (exact) mass is 729 g/mol. The molecule has 5 amide bonds. The zero-order valence-corrected chi connectivity index (χ0v) is 29.2. The van der Waals surface area contributed by atoms with Gasteiger partial charge in [0, 0.05) is 25.9 Å². The van der Waals surface area contributed by atoms with Crippen molar-refractivity contribution in [2.75, 3.05) is 19.6 Å². The lowest BCUT2D eigenvalue weighted by Crippen LogP contribution is -2.58. The van der Waals surface area contributed by atoms with E-state index < -0.39 is 60.2 Å². The number of aromatic hydroxyl groups is 1. The fourth-order valence-electron chi connectivity index (χ4n) is 5.79. The van der Waals surface area contributed by atoms with E-state index in [1.54, 1.807) is 12.1 Å². The molecule has 1 heterocycles. The van der Waals surface area contributed by atoms with E-state index in [1.807, 2.05) is 42.5 Å². The third kappa shape index (κ3) is 12.7. The molecule has 0 bridgehead atoms. The van der Waals surface area contributed by atoms with E-state index in [0.29, 0.717) is 12.0 Å². The van der Waals surface area contributed by atoms with E-state index in [9.17, 15) is 29.1 Å². The average molecular weight is 730 g/mol. The highest BCUT2D eigenvalue weighted by Crippen LogP contribution is 2.18. The lowest BCUT2D eigenvalue weighted by atomic mass is 9.99. The number of nitrogens with two attached hydrogens (primary N) is 4. The summed E-state index contributed by atoms with van der Waals surface area (Å²) >= 11 is 0. The molecule has 3 aromatic rings. The van der Waals surface area contributed by atoms with Crippen molar-refractivity contribution in [1.29, 1.82) is 0 Å². The summed E-state index contributed by atoms with van der Waals surface area (Å²) in [7, 11) is 0. The molecule has 0 radical (unpaired) electrons.